The van der Waals surface area contributed by atoms with Crippen molar-refractivity contribution in [1.82, 2.24) is 0 Å². The van der Waals surface area contributed by atoms with Gasteiger partial charge in [-0.1, -0.05) is 42.5 Å². The first kappa shape index (κ1) is 12.5. The molecule has 0 aliphatic heterocycles. The second kappa shape index (κ2) is 7.65. The molecule has 0 aromatic heterocycles. The Balaban J connectivity index is 2.16. The fourth-order valence-electron chi connectivity index (χ4n) is 1.16. The smallest absolute Gasteiger partial charge is 0.332 e. The molecule has 0 saturated carbocycles. The summed E-state index contributed by atoms with van der Waals surface area (Å²) in [4.78, 5) is 10.9. The third-order valence-corrected chi connectivity index (χ3v) is 1.85. The maximum Gasteiger partial charge on any atom is 0.332 e. The first-order valence-electron chi connectivity index (χ1n) is 5.28. The van der Waals surface area contributed by atoms with Gasteiger partial charge in [-0.2, -0.15) is 0 Å². The van der Waals surface area contributed by atoms with Crippen LogP contribution in [0, 0.1) is 0 Å². The molecule has 3 heteroatoms. The molecular weight excluding hydrogens is 204 g/mol. The fourth-order valence-corrected chi connectivity index (χ4v) is 1.16. The summed E-state index contributed by atoms with van der Waals surface area (Å²) >= 11 is 0. The van der Waals surface area contributed by atoms with Crippen molar-refractivity contribution in [2.24, 2.45) is 0 Å². The van der Waals surface area contributed by atoms with E-state index in [0.29, 0.717) is 13.2 Å². The highest BCUT2D eigenvalue weighted by atomic mass is 16.6. The highest BCUT2D eigenvalue weighted by Gasteiger charge is 1.98. The molecule has 3 nitrogen and oxygen atoms in total. The molecule has 1 aromatic carbocycles. The normalized spacial score (nSPS) is 10.6. The van der Waals surface area contributed by atoms with Crippen molar-refractivity contribution in [2.75, 3.05) is 19.8 Å². The van der Waals surface area contributed by atoms with Crippen molar-refractivity contribution in [3.05, 3.63) is 42.0 Å². The highest BCUT2D eigenvalue weighted by molar-refractivity contribution is 5.70. The number of carbonyl (C=O) groups is 1. The molecule has 86 valence electrons. The molecule has 0 fully saturated rings. The first-order chi connectivity index (χ1) is 7.83. The Morgan fingerprint density at radius 1 is 1.31 bits per heavy atom. The van der Waals surface area contributed by atoms with E-state index in [1.54, 1.807) is 6.92 Å². The minimum atomic E-state index is -0.324. The molecule has 0 radical (unpaired) electrons. The predicted octanol–water partition coefficient (Wildman–Crippen LogP) is 2.28. The molecule has 0 saturated heterocycles. The Hall–Kier alpha value is -1.61. The maximum atomic E-state index is 10.9. The zero-order chi connectivity index (χ0) is 11.6. The molecule has 0 unspecified atom stereocenters. The second-order valence-corrected chi connectivity index (χ2v) is 3.13. The van der Waals surface area contributed by atoms with E-state index in [1.165, 1.54) is 0 Å². The van der Waals surface area contributed by atoms with Crippen LogP contribution in [-0.4, -0.2) is 25.8 Å². The van der Waals surface area contributed by atoms with Gasteiger partial charge in [0, 0.05) is 0 Å². The lowest BCUT2D eigenvalue weighted by atomic mass is 10.2. The van der Waals surface area contributed by atoms with E-state index in [1.807, 2.05) is 42.5 Å². The van der Waals surface area contributed by atoms with Crippen LogP contribution in [0.4, 0.5) is 0 Å². The van der Waals surface area contributed by atoms with Crippen molar-refractivity contribution in [3.63, 3.8) is 0 Å². The fraction of sp³-hybridized carbons (Fsp3) is 0.308. The molecule has 1 rings (SSSR count). The molecule has 0 spiro atoms. The average molecular weight is 220 g/mol. The van der Waals surface area contributed by atoms with Gasteiger partial charge in [0.2, 0.25) is 0 Å². The Bertz CT molecular complexity index is 330. The number of carbonyl (C=O) groups excluding carboxylic acids is 1. The number of benzene rings is 1. The van der Waals surface area contributed by atoms with Crippen LogP contribution in [0.2, 0.25) is 0 Å². The van der Waals surface area contributed by atoms with Gasteiger partial charge in [-0.05, 0) is 12.5 Å². The zero-order valence-electron chi connectivity index (χ0n) is 9.39. The summed E-state index contributed by atoms with van der Waals surface area (Å²) in [5.74, 6) is -0.324. The number of ether oxygens (including phenoxy) is 2. The summed E-state index contributed by atoms with van der Waals surface area (Å²) in [6.45, 7) is 2.58. The summed E-state index contributed by atoms with van der Waals surface area (Å²) < 4.78 is 9.83. The lowest BCUT2D eigenvalue weighted by molar-refractivity contribution is -0.147. The van der Waals surface area contributed by atoms with Crippen LogP contribution in [0.15, 0.2) is 36.4 Å². The quantitative estimate of drug-likeness (QED) is 0.545. The molecule has 0 atom stereocenters. The van der Waals surface area contributed by atoms with E-state index >= 15 is 0 Å². The molecule has 1 aromatic rings. The summed E-state index contributed by atoms with van der Waals surface area (Å²) in [5.41, 5.74) is 1.11. The molecular formula is C13H16O3. The van der Waals surface area contributed by atoms with Crippen molar-refractivity contribution in [1.29, 1.82) is 0 Å². The molecule has 0 aliphatic carbocycles. The van der Waals surface area contributed by atoms with E-state index in [9.17, 15) is 4.79 Å². The van der Waals surface area contributed by atoms with Crippen LogP contribution >= 0.6 is 0 Å². The third-order valence-electron chi connectivity index (χ3n) is 1.85. The largest absolute Gasteiger partial charge is 0.464 e. The molecule has 16 heavy (non-hydrogen) atoms. The number of esters is 1. The lowest BCUT2D eigenvalue weighted by Gasteiger charge is -2.00. The van der Waals surface area contributed by atoms with Crippen molar-refractivity contribution in [3.8, 4) is 0 Å². The van der Waals surface area contributed by atoms with Gasteiger partial charge in [0.05, 0.1) is 13.2 Å². The summed E-state index contributed by atoms with van der Waals surface area (Å²) in [6, 6.07) is 9.91. The van der Waals surface area contributed by atoms with Gasteiger partial charge in [0.25, 0.3) is 0 Å². The topological polar surface area (TPSA) is 35.5 Å². The molecule has 0 amide bonds. The lowest BCUT2D eigenvalue weighted by Crippen LogP contribution is -2.12. The van der Waals surface area contributed by atoms with E-state index in [2.05, 4.69) is 0 Å². The SMILES string of the molecule is CCOC(=O)COC/C=C/c1ccccc1. The van der Waals surface area contributed by atoms with Gasteiger partial charge in [-0.15, -0.1) is 0 Å². The van der Waals surface area contributed by atoms with Gasteiger partial charge >= 0.3 is 5.97 Å². The molecule has 0 bridgehead atoms. The van der Waals surface area contributed by atoms with Crippen LogP contribution < -0.4 is 0 Å². The first-order valence-corrected chi connectivity index (χ1v) is 5.28. The Morgan fingerprint density at radius 3 is 2.75 bits per heavy atom. The summed E-state index contributed by atoms with van der Waals surface area (Å²) in [5, 5.41) is 0. The van der Waals surface area contributed by atoms with E-state index < -0.39 is 0 Å². The van der Waals surface area contributed by atoms with Gasteiger partial charge in [0.1, 0.15) is 6.61 Å². The highest BCUT2D eigenvalue weighted by Crippen LogP contribution is 2.00. The van der Waals surface area contributed by atoms with Crippen LogP contribution in [0.25, 0.3) is 6.08 Å². The Kier molecular flexibility index (Phi) is 5.96. The zero-order valence-corrected chi connectivity index (χ0v) is 9.39. The Labute approximate surface area is 95.7 Å². The van der Waals surface area contributed by atoms with Crippen molar-refractivity contribution in [2.45, 2.75) is 6.92 Å². The number of rotatable bonds is 6. The van der Waals surface area contributed by atoms with Gasteiger partial charge in [0.15, 0.2) is 0 Å². The van der Waals surface area contributed by atoms with Gasteiger partial charge in [-0.25, -0.2) is 4.79 Å². The monoisotopic (exact) mass is 220 g/mol. The third kappa shape index (κ3) is 5.32. The van der Waals surface area contributed by atoms with Crippen LogP contribution in [0.3, 0.4) is 0 Å². The van der Waals surface area contributed by atoms with E-state index in [4.69, 9.17) is 9.47 Å². The van der Waals surface area contributed by atoms with E-state index in [0.717, 1.165) is 5.56 Å². The van der Waals surface area contributed by atoms with Crippen LogP contribution in [-0.2, 0) is 14.3 Å². The molecule has 0 heterocycles. The van der Waals surface area contributed by atoms with Crippen molar-refractivity contribution < 1.29 is 14.3 Å². The van der Waals surface area contributed by atoms with Crippen LogP contribution in [0.5, 0.6) is 0 Å². The molecule has 0 N–H and O–H groups in total. The summed E-state index contributed by atoms with van der Waals surface area (Å²) in [7, 11) is 0. The summed E-state index contributed by atoms with van der Waals surface area (Å²) in [6.07, 6.45) is 3.82. The molecule has 0 aliphatic rings. The van der Waals surface area contributed by atoms with Gasteiger partial charge < -0.3 is 9.47 Å². The predicted molar refractivity (Wildman–Crippen MR) is 62.9 cm³/mol. The maximum absolute atomic E-state index is 10.9. The number of hydrogen-bond donors (Lipinski definition) is 0. The van der Waals surface area contributed by atoms with Crippen LogP contribution in [0.1, 0.15) is 12.5 Å². The van der Waals surface area contributed by atoms with E-state index in [-0.39, 0.29) is 12.6 Å². The minimum absolute atomic E-state index is 0.00691. The van der Waals surface area contributed by atoms with Crippen molar-refractivity contribution >= 4 is 12.0 Å². The Morgan fingerprint density at radius 2 is 2.06 bits per heavy atom. The second-order valence-electron chi connectivity index (χ2n) is 3.13. The standard InChI is InChI=1S/C13H16O3/c1-2-16-13(14)11-15-10-6-9-12-7-4-3-5-8-12/h3-9H,2,10-11H2,1H3/b9-6+. The van der Waals surface area contributed by atoms with Gasteiger partial charge in [-0.3, -0.25) is 0 Å². The number of hydrogen-bond acceptors (Lipinski definition) is 3. The average Bonchev–Trinajstić information content (AvgIpc) is 2.30. The minimum Gasteiger partial charge on any atom is -0.464 e.